The summed E-state index contributed by atoms with van der Waals surface area (Å²) in [6, 6.07) is 11.4. The highest BCUT2D eigenvalue weighted by Gasteiger charge is 2.30. The summed E-state index contributed by atoms with van der Waals surface area (Å²) in [7, 11) is 0. The largest absolute Gasteiger partial charge is 0.340 e. The zero-order valence-electron chi connectivity index (χ0n) is 16.3. The van der Waals surface area contributed by atoms with Crippen molar-refractivity contribution in [2.45, 2.75) is 44.7 Å². The Bertz CT molecular complexity index is 561. The molecule has 0 aliphatic carbocycles. The molecule has 1 amide bonds. The van der Waals surface area contributed by atoms with Crippen molar-refractivity contribution in [3.8, 4) is 0 Å². The second-order valence-electron chi connectivity index (χ2n) is 7.88. The molecule has 1 aromatic rings. The maximum absolute atomic E-state index is 12.9. The van der Waals surface area contributed by atoms with E-state index in [0.29, 0.717) is 18.6 Å². The second-order valence-corrected chi connectivity index (χ2v) is 7.88. The average Bonchev–Trinajstić information content (AvgIpc) is 2.99. The summed E-state index contributed by atoms with van der Waals surface area (Å²) in [4.78, 5) is 20.0. The first-order chi connectivity index (χ1) is 12.6. The van der Waals surface area contributed by atoms with E-state index in [-0.39, 0.29) is 11.8 Å². The minimum atomic E-state index is -0.214. The van der Waals surface area contributed by atoms with E-state index < -0.39 is 0 Å². The van der Waals surface area contributed by atoms with E-state index in [1.54, 1.807) is 0 Å². The lowest BCUT2D eigenvalue weighted by atomic mass is 9.97. The van der Waals surface area contributed by atoms with Gasteiger partial charge in [-0.3, -0.25) is 14.6 Å². The van der Waals surface area contributed by atoms with Crippen LogP contribution < -0.4 is 5.73 Å². The lowest BCUT2D eigenvalue weighted by Crippen LogP contribution is -2.52. The van der Waals surface area contributed by atoms with Gasteiger partial charge in [-0.2, -0.15) is 0 Å². The fourth-order valence-electron chi connectivity index (χ4n) is 4.42. The maximum atomic E-state index is 12.9. The molecule has 0 unspecified atom stereocenters. The van der Waals surface area contributed by atoms with Crippen LogP contribution in [0.5, 0.6) is 0 Å². The van der Waals surface area contributed by atoms with Crippen LogP contribution in [0.4, 0.5) is 0 Å². The monoisotopic (exact) mass is 358 g/mol. The van der Waals surface area contributed by atoms with Crippen LogP contribution in [0.3, 0.4) is 0 Å². The standard InChI is InChI=1S/C21H34N4O/c1-17-8-9-18(2)25(17)15-12-23-10-13-24(14-11-23)21(26)20(16-22)19-6-4-3-5-7-19/h3-7,17-18,20H,8-16,22H2,1-2H3/t17-,18-,20-/m1/s1. The molecule has 0 radical (unpaired) electrons. The molecule has 2 saturated heterocycles. The lowest BCUT2D eigenvalue weighted by Gasteiger charge is -2.37. The molecule has 144 valence electrons. The Morgan fingerprint density at radius 2 is 1.65 bits per heavy atom. The highest BCUT2D eigenvalue weighted by Crippen LogP contribution is 2.23. The number of hydrogen-bond acceptors (Lipinski definition) is 4. The fourth-order valence-corrected chi connectivity index (χ4v) is 4.42. The van der Waals surface area contributed by atoms with Gasteiger partial charge in [0.25, 0.3) is 0 Å². The van der Waals surface area contributed by atoms with E-state index in [1.807, 2.05) is 35.2 Å². The molecule has 1 aromatic carbocycles. The van der Waals surface area contributed by atoms with Gasteiger partial charge in [0.05, 0.1) is 5.92 Å². The first-order valence-corrected chi connectivity index (χ1v) is 10.1. The van der Waals surface area contributed by atoms with Crippen LogP contribution in [0.25, 0.3) is 0 Å². The minimum absolute atomic E-state index is 0.181. The number of rotatable bonds is 6. The molecule has 5 nitrogen and oxygen atoms in total. The van der Waals surface area contributed by atoms with Gasteiger partial charge in [0.1, 0.15) is 0 Å². The molecule has 0 bridgehead atoms. The van der Waals surface area contributed by atoms with E-state index in [4.69, 9.17) is 5.73 Å². The third-order valence-corrected chi connectivity index (χ3v) is 6.23. The quantitative estimate of drug-likeness (QED) is 0.842. The molecular formula is C21H34N4O. The second kappa shape index (κ2) is 8.98. The van der Waals surface area contributed by atoms with Crippen LogP contribution in [0.1, 0.15) is 38.2 Å². The third-order valence-electron chi connectivity index (χ3n) is 6.23. The van der Waals surface area contributed by atoms with Crippen LogP contribution in [0.2, 0.25) is 0 Å². The van der Waals surface area contributed by atoms with Crippen molar-refractivity contribution in [3.63, 3.8) is 0 Å². The van der Waals surface area contributed by atoms with Crippen LogP contribution in [0.15, 0.2) is 30.3 Å². The summed E-state index contributed by atoms with van der Waals surface area (Å²) >= 11 is 0. The topological polar surface area (TPSA) is 52.8 Å². The zero-order chi connectivity index (χ0) is 18.5. The SMILES string of the molecule is C[C@@H]1CC[C@@H](C)N1CCN1CCN(C(=O)[C@H](CN)c2ccccc2)CC1. The molecule has 2 heterocycles. The van der Waals surface area contributed by atoms with E-state index in [9.17, 15) is 4.79 Å². The number of amides is 1. The Kier molecular flexibility index (Phi) is 6.68. The summed E-state index contributed by atoms with van der Waals surface area (Å²) in [5, 5.41) is 0. The number of likely N-dealkylation sites (tertiary alicyclic amines) is 1. The number of nitrogens with zero attached hydrogens (tertiary/aromatic N) is 3. The Morgan fingerprint density at radius 1 is 1.04 bits per heavy atom. The van der Waals surface area contributed by atoms with Gasteiger partial charge in [-0.15, -0.1) is 0 Å². The van der Waals surface area contributed by atoms with Gasteiger partial charge in [-0.05, 0) is 32.3 Å². The summed E-state index contributed by atoms with van der Waals surface area (Å²) in [6.45, 7) is 10.9. The average molecular weight is 359 g/mol. The molecule has 3 atom stereocenters. The number of piperazine rings is 1. The van der Waals surface area contributed by atoms with Gasteiger partial charge in [0, 0.05) is 57.9 Å². The smallest absolute Gasteiger partial charge is 0.231 e. The number of carbonyl (C=O) groups excluding carboxylic acids is 1. The molecule has 2 aliphatic rings. The molecule has 26 heavy (non-hydrogen) atoms. The first kappa shape index (κ1) is 19.3. The van der Waals surface area contributed by atoms with Crippen molar-refractivity contribution in [1.82, 2.24) is 14.7 Å². The van der Waals surface area contributed by atoms with E-state index in [2.05, 4.69) is 23.6 Å². The molecule has 5 heteroatoms. The molecule has 0 spiro atoms. The van der Waals surface area contributed by atoms with Crippen molar-refractivity contribution in [2.75, 3.05) is 45.8 Å². The Labute approximate surface area is 158 Å². The van der Waals surface area contributed by atoms with E-state index in [1.165, 1.54) is 12.8 Å². The molecular weight excluding hydrogens is 324 g/mol. The zero-order valence-corrected chi connectivity index (χ0v) is 16.3. The third kappa shape index (κ3) is 4.45. The Morgan fingerprint density at radius 3 is 2.23 bits per heavy atom. The maximum Gasteiger partial charge on any atom is 0.231 e. The van der Waals surface area contributed by atoms with Gasteiger partial charge in [-0.25, -0.2) is 0 Å². The van der Waals surface area contributed by atoms with Crippen molar-refractivity contribution in [3.05, 3.63) is 35.9 Å². The summed E-state index contributed by atoms with van der Waals surface area (Å²) in [5.74, 6) is -0.0332. The van der Waals surface area contributed by atoms with Gasteiger partial charge >= 0.3 is 0 Å². The van der Waals surface area contributed by atoms with Crippen LogP contribution >= 0.6 is 0 Å². The number of hydrogen-bond donors (Lipinski definition) is 1. The number of nitrogens with two attached hydrogens (primary N) is 1. The van der Waals surface area contributed by atoms with Crippen molar-refractivity contribution in [1.29, 1.82) is 0 Å². The Hall–Kier alpha value is -1.43. The van der Waals surface area contributed by atoms with Crippen molar-refractivity contribution < 1.29 is 4.79 Å². The van der Waals surface area contributed by atoms with E-state index >= 15 is 0 Å². The molecule has 2 fully saturated rings. The fraction of sp³-hybridized carbons (Fsp3) is 0.667. The number of benzene rings is 1. The van der Waals surface area contributed by atoms with Gasteiger partial charge in [0.2, 0.25) is 5.91 Å². The molecule has 0 aromatic heterocycles. The van der Waals surface area contributed by atoms with Crippen LogP contribution in [-0.4, -0.2) is 78.5 Å². The summed E-state index contributed by atoms with van der Waals surface area (Å²) < 4.78 is 0. The van der Waals surface area contributed by atoms with Gasteiger partial charge < -0.3 is 10.6 Å². The van der Waals surface area contributed by atoms with Crippen molar-refractivity contribution in [2.24, 2.45) is 5.73 Å². The summed E-state index contributed by atoms with van der Waals surface area (Å²) in [6.07, 6.45) is 2.65. The van der Waals surface area contributed by atoms with Crippen LogP contribution in [0, 0.1) is 0 Å². The lowest BCUT2D eigenvalue weighted by molar-refractivity contribution is -0.134. The normalized spacial score (nSPS) is 26.2. The van der Waals surface area contributed by atoms with Crippen molar-refractivity contribution >= 4 is 5.91 Å². The molecule has 3 rings (SSSR count). The highest BCUT2D eigenvalue weighted by molar-refractivity contribution is 5.84. The van der Waals surface area contributed by atoms with Crippen LogP contribution in [-0.2, 0) is 4.79 Å². The Balaban J connectivity index is 1.47. The molecule has 2 aliphatic heterocycles. The van der Waals surface area contributed by atoms with Gasteiger partial charge in [0.15, 0.2) is 0 Å². The highest BCUT2D eigenvalue weighted by atomic mass is 16.2. The van der Waals surface area contributed by atoms with E-state index in [0.717, 1.165) is 44.8 Å². The number of carbonyl (C=O) groups is 1. The van der Waals surface area contributed by atoms with Gasteiger partial charge in [-0.1, -0.05) is 30.3 Å². The predicted octanol–water partition coefficient (Wildman–Crippen LogP) is 1.75. The predicted molar refractivity (Wildman–Crippen MR) is 106 cm³/mol. The summed E-state index contributed by atoms with van der Waals surface area (Å²) in [5.41, 5.74) is 6.95. The minimum Gasteiger partial charge on any atom is -0.340 e. The molecule has 2 N–H and O–H groups in total. The molecule has 0 saturated carbocycles. The first-order valence-electron chi connectivity index (χ1n) is 10.1.